The third-order valence-electron chi connectivity index (χ3n) is 3.41. The van der Waals surface area contributed by atoms with Gasteiger partial charge >= 0.3 is 0 Å². The van der Waals surface area contributed by atoms with Gasteiger partial charge in [-0.25, -0.2) is 12.8 Å². The predicted molar refractivity (Wildman–Crippen MR) is 71.5 cm³/mol. The van der Waals surface area contributed by atoms with Crippen LogP contribution in [0.15, 0.2) is 23.1 Å². The molecular weight excluding hydrogens is 267 g/mol. The van der Waals surface area contributed by atoms with Crippen molar-refractivity contribution in [1.82, 2.24) is 4.31 Å². The van der Waals surface area contributed by atoms with E-state index in [1.165, 1.54) is 22.5 Å². The highest BCUT2D eigenvalue weighted by Crippen LogP contribution is 2.23. The van der Waals surface area contributed by atoms with Crippen LogP contribution in [0.25, 0.3) is 0 Å². The van der Waals surface area contributed by atoms with Crippen molar-refractivity contribution >= 4 is 10.0 Å². The van der Waals surface area contributed by atoms with Gasteiger partial charge in [0.05, 0.1) is 0 Å². The maximum Gasteiger partial charge on any atom is 0.245 e. The molecular formula is C13H19FN2O2S. The molecule has 0 atom stereocenters. The van der Waals surface area contributed by atoms with Crippen LogP contribution in [-0.4, -0.2) is 25.8 Å². The molecule has 0 bridgehead atoms. The molecule has 2 N–H and O–H groups in total. The summed E-state index contributed by atoms with van der Waals surface area (Å²) >= 11 is 0. The fraction of sp³-hybridized carbons (Fsp3) is 0.538. The Morgan fingerprint density at radius 1 is 1.16 bits per heavy atom. The summed E-state index contributed by atoms with van der Waals surface area (Å²) in [5, 5.41) is 0. The van der Waals surface area contributed by atoms with Crippen LogP contribution in [-0.2, 0) is 16.6 Å². The first-order chi connectivity index (χ1) is 9.05. The second-order valence-electron chi connectivity index (χ2n) is 4.79. The van der Waals surface area contributed by atoms with Crippen LogP contribution in [0, 0.1) is 5.82 Å². The number of halogens is 1. The third-order valence-corrected chi connectivity index (χ3v) is 5.33. The molecule has 1 saturated heterocycles. The van der Waals surface area contributed by atoms with E-state index in [2.05, 4.69) is 0 Å². The Labute approximate surface area is 113 Å². The molecule has 0 spiro atoms. The first kappa shape index (κ1) is 14.4. The van der Waals surface area contributed by atoms with Crippen LogP contribution in [0.2, 0.25) is 0 Å². The van der Waals surface area contributed by atoms with Gasteiger partial charge in [-0.3, -0.25) is 0 Å². The summed E-state index contributed by atoms with van der Waals surface area (Å²) in [7, 11) is -3.75. The minimum atomic E-state index is -3.75. The van der Waals surface area contributed by atoms with Crippen molar-refractivity contribution in [3.05, 3.63) is 29.6 Å². The summed E-state index contributed by atoms with van der Waals surface area (Å²) in [6, 6.07) is 4.03. The Morgan fingerprint density at radius 3 is 2.37 bits per heavy atom. The molecule has 4 nitrogen and oxygen atoms in total. The van der Waals surface area contributed by atoms with Gasteiger partial charge in [-0.2, -0.15) is 4.31 Å². The molecule has 19 heavy (non-hydrogen) atoms. The summed E-state index contributed by atoms with van der Waals surface area (Å²) in [5.74, 6) is -0.707. The molecule has 1 aliphatic heterocycles. The third kappa shape index (κ3) is 3.13. The van der Waals surface area contributed by atoms with E-state index in [-0.39, 0.29) is 11.4 Å². The Kier molecular flexibility index (Phi) is 4.54. The molecule has 0 radical (unpaired) electrons. The van der Waals surface area contributed by atoms with E-state index in [9.17, 15) is 12.8 Å². The van der Waals surface area contributed by atoms with Gasteiger partial charge in [0.25, 0.3) is 0 Å². The molecule has 1 fully saturated rings. The van der Waals surface area contributed by atoms with Gasteiger partial charge in [-0.05, 0) is 30.5 Å². The molecule has 1 aromatic rings. The molecule has 0 aliphatic carbocycles. The molecule has 2 rings (SSSR count). The number of sulfonamides is 1. The molecule has 106 valence electrons. The minimum Gasteiger partial charge on any atom is -0.326 e. The van der Waals surface area contributed by atoms with Crippen LogP contribution in [0.1, 0.15) is 31.2 Å². The zero-order valence-corrected chi connectivity index (χ0v) is 11.6. The topological polar surface area (TPSA) is 63.4 Å². The van der Waals surface area contributed by atoms with E-state index in [1.54, 1.807) is 0 Å². The van der Waals surface area contributed by atoms with Crippen molar-refractivity contribution in [3.8, 4) is 0 Å². The van der Waals surface area contributed by atoms with E-state index in [4.69, 9.17) is 5.73 Å². The predicted octanol–water partition coefficient (Wildman–Crippen LogP) is 1.85. The number of hydrogen-bond donors (Lipinski definition) is 1. The van der Waals surface area contributed by atoms with E-state index >= 15 is 0 Å². The lowest BCUT2D eigenvalue weighted by Crippen LogP contribution is -2.32. The normalized spacial score (nSPS) is 18.2. The Bertz CT molecular complexity index is 538. The SMILES string of the molecule is NCc1ccc(F)c(S(=O)(=O)N2CCCCCC2)c1. The van der Waals surface area contributed by atoms with Gasteiger partial charge < -0.3 is 5.73 Å². The zero-order chi connectivity index (χ0) is 13.9. The second-order valence-corrected chi connectivity index (χ2v) is 6.69. The fourth-order valence-corrected chi connectivity index (χ4v) is 3.93. The summed E-state index contributed by atoms with van der Waals surface area (Å²) in [5.41, 5.74) is 6.10. The number of benzene rings is 1. The lowest BCUT2D eigenvalue weighted by Gasteiger charge is -2.20. The van der Waals surface area contributed by atoms with Crippen molar-refractivity contribution in [1.29, 1.82) is 0 Å². The first-order valence-corrected chi connectivity index (χ1v) is 7.98. The van der Waals surface area contributed by atoms with Crippen molar-refractivity contribution in [3.63, 3.8) is 0 Å². The standard InChI is InChI=1S/C13H19FN2O2S/c14-12-6-5-11(10-15)9-13(12)19(17,18)16-7-3-1-2-4-8-16/h5-6,9H,1-4,7-8,10,15H2. The highest BCUT2D eigenvalue weighted by atomic mass is 32.2. The fourth-order valence-electron chi connectivity index (χ4n) is 2.29. The Hall–Kier alpha value is -0.980. The smallest absolute Gasteiger partial charge is 0.245 e. The molecule has 6 heteroatoms. The Morgan fingerprint density at radius 2 is 1.79 bits per heavy atom. The van der Waals surface area contributed by atoms with Crippen molar-refractivity contribution in [2.24, 2.45) is 5.73 Å². The molecule has 0 amide bonds. The monoisotopic (exact) mass is 286 g/mol. The maximum absolute atomic E-state index is 13.8. The van der Waals surface area contributed by atoms with E-state index in [1.807, 2.05) is 0 Å². The maximum atomic E-state index is 13.8. The number of rotatable bonds is 3. The van der Waals surface area contributed by atoms with Gasteiger partial charge in [0.15, 0.2) is 0 Å². The highest BCUT2D eigenvalue weighted by molar-refractivity contribution is 7.89. The van der Waals surface area contributed by atoms with Crippen LogP contribution in [0.4, 0.5) is 4.39 Å². The molecule has 1 aliphatic rings. The average Bonchev–Trinajstić information content (AvgIpc) is 2.68. The van der Waals surface area contributed by atoms with E-state index in [0.717, 1.165) is 25.7 Å². The van der Waals surface area contributed by atoms with E-state index in [0.29, 0.717) is 18.7 Å². The summed E-state index contributed by atoms with van der Waals surface area (Å²) < 4.78 is 40.1. The second kappa shape index (κ2) is 5.98. The zero-order valence-electron chi connectivity index (χ0n) is 10.8. The lowest BCUT2D eigenvalue weighted by molar-refractivity contribution is 0.419. The van der Waals surface area contributed by atoms with Gasteiger partial charge in [-0.1, -0.05) is 18.9 Å². The molecule has 1 heterocycles. The molecule has 0 unspecified atom stereocenters. The van der Waals surface area contributed by atoms with Gasteiger partial charge in [0, 0.05) is 19.6 Å². The molecule has 1 aromatic carbocycles. The summed E-state index contributed by atoms with van der Waals surface area (Å²) in [4.78, 5) is -0.252. The van der Waals surface area contributed by atoms with Gasteiger partial charge in [0.2, 0.25) is 10.0 Å². The van der Waals surface area contributed by atoms with E-state index < -0.39 is 15.8 Å². The van der Waals surface area contributed by atoms with Crippen LogP contribution >= 0.6 is 0 Å². The van der Waals surface area contributed by atoms with Crippen LogP contribution in [0.5, 0.6) is 0 Å². The summed E-state index contributed by atoms with van der Waals surface area (Å²) in [6.07, 6.45) is 3.71. The minimum absolute atomic E-state index is 0.197. The van der Waals surface area contributed by atoms with Gasteiger partial charge in [0.1, 0.15) is 10.7 Å². The van der Waals surface area contributed by atoms with Crippen molar-refractivity contribution in [2.75, 3.05) is 13.1 Å². The number of nitrogens with zero attached hydrogens (tertiary/aromatic N) is 1. The number of hydrogen-bond acceptors (Lipinski definition) is 3. The summed E-state index contributed by atoms with van der Waals surface area (Å²) in [6.45, 7) is 1.13. The quantitative estimate of drug-likeness (QED) is 0.922. The van der Waals surface area contributed by atoms with Crippen molar-refractivity contribution in [2.45, 2.75) is 37.1 Å². The van der Waals surface area contributed by atoms with Crippen LogP contribution in [0.3, 0.4) is 0 Å². The van der Waals surface area contributed by atoms with Crippen molar-refractivity contribution < 1.29 is 12.8 Å². The average molecular weight is 286 g/mol. The largest absolute Gasteiger partial charge is 0.326 e. The molecule has 0 aromatic heterocycles. The molecule has 0 saturated carbocycles. The Balaban J connectivity index is 2.37. The highest BCUT2D eigenvalue weighted by Gasteiger charge is 2.28. The first-order valence-electron chi connectivity index (χ1n) is 6.54. The van der Waals surface area contributed by atoms with Crippen LogP contribution < -0.4 is 5.73 Å². The number of nitrogens with two attached hydrogens (primary N) is 1. The lowest BCUT2D eigenvalue weighted by atomic mass is 10.2. The van der Waals surface area contributed by atoms with Gasteiger partial charge in [-0.15, -0.1) is 0 Å².